The Morgan fingerprint density at radius 3 is 2.61 bits per heavy atom. The van der Waals surface area contributed by atoms with Crippen LogP contribution in [-0.4, -0.2) is 16.7 Å². The molecule has 5 rings (SSSR count). The molecule has 4 nitrogen and oxygen atoms in total. The van der Waals surface area contributed by atoms with Gasteiger partial charge in [0.2, 0.25) is 5.95 Å². The molecule has 0 aliphatic rings. The Labute approximate surface area is 198 Å². The van der Waals surface area contributed by atoms with Crippen molar-refractivity contribution in [2.75, 3.05) is 12.4 Å². The highest BCUT2D eigenvalue weighted by molar-refractivity contribution is 7.17. The summed E-state index contributed by atoms with van der Waals surface area (Å²) in [6.07, 6.45) is 0. The number of anilines is 2. The highest BCUT2D eigenvalue weighted by Gasteiger charge is 2.25. The smallest absolute Gasteiger partial charge is 0.270 e. The molecule has 1 N–H and O–H groups in total. The van der Waals surface area contributed by atoms with Crippen LogP contribution in [0.25, 0.3) is 21.1 Å². The summed E-state index contributed by atoms with van der Waals surface area (Å²) in [4.78, 5) is 4.67. The molecule has 0 bridgehead atoms. The first-order chi connectivity index (χ1) is 15.8. The molecule has 2 heterocycles. The first kappa shape index (κ1) is 21.7. The first-order valence-electron chi connectivity index (χ1n) is 10.3. The molecule has 8 heteroatoms. The van der Waals surface area contributed by atoms with Crippen molar-refractivity contribution in [1.82, 2.24) is 9.55 Å². The Morgan fingerprint density at radius 2 is 1.88 bits per heavy atom. The summed E-state index contributed by atoms with van der Waals surface area (Å²) in [5.41, 5.74) is 3.09. The zero-order valence-electron chi connectivity index (χ0n) is 17.9. The van der Waals surface area contributed by atoms with Crippen molar-refractivity contribution in [1.29, 1.82) is 0 Å². The van der Waals surface area contributed by atoms with E-state index < -0.39 is 5.92 Å². The number of benzene rings is 3. The SMILES string of the molecule is COc1ccc(Nc2nc3cc(C(C)(F)F)ccc3n2Cc2csc3ccc(Cl)cc23)cc1. The molecule has 0 saturated heterocycles. The maximum Gasteiger partial charge on any atom is 0.270 e. The second-order valence-electron chi connectivity index (χ2n) is 7.87. The number of nitrogens with one attached hydrogen (secondary N) is 1. The van der Waals surface area contributed by atoms with Crippen LogP contribution in [0.5, 0.6) is 5.75 Å². The zero-order valence-corrected chi connectivity index (χ0v) is 19.5. The van der Waals surface area contributed by atoms with E-state index in [0.717, 1.165) is 39.5 Å². The molecule has 0 spiro atoms. The number of fused-ring (bicyclic) bond motifs is 2. The van der Waals surface area contributed by atoms with Gasteiger partial charge in [0.25, 0.3) is 5.92 Å². The molecule has 0 atom stereocenters. The van der Waals surface area contributed by atoms with Crippen molar-refractivity contribution in [2.24, 2.45) is 0 Å². The third-order valence-corrected chi connectivity index (χ3v) is 6.79. The first-order valence-corrected chi connectivity index (χ1v) is 11.5. The molecule has 0 aliphatic heterocycles. The lowest BCUT2D eigenvalue weighted by molar-refractivity contribution is 0.0176. The predicted molar refractivity (Wildman–Crippen MR) is 132 cm³/mol. The Kier molecular flexibility index (Phi) is 5.46. The van der Waals surface area contributed by atoms with Gasteiger partial charge in [0.05, 0.1) is 24.7 Å². The van der Waals surface area contributed by atoms with Gasteiger partial charge in [-0.3, -0.25) is 0 Å². The van der Waals surface area contributed by atoms with Crippen molar-refractivity contribution >= 4 is 55.7 Å². The second kappa shape index (κ2) is 8.32. The third kappa shape index (κ3) is 4.26. The number of methoxy groups -OCH3 is 1. The predicted octanol–water partition coefficient (Wildman–Crippen LogP) is 7.82. The number of ether oxygens (including phenoxy) is 1. The summed E-state index contributed by atoms with van der Waals surface area (Å²) >= 11 is 7.88. The van der Waals surface area contributed by atoms with E-state index in [1.165, 1.54) is 12.1 Å². The quantitative estimate of drug-likeness (QED) is 0.267. The van der Waals surface area contributed by atoms with Crippen LogP contribution in [0.1, 0.15) is 18.1 Å². The Bertz CT molecular complexity index is 1450. The van der Waals surface area contributed by atoms with E-state index in [2.05, 4.69) is 15.7 Å². The van der Waals surface area contributed by atoms with Crippen molar-refractivity contribution in [2.45, 2.75) is 19.4 Å². The molecule has 168 valence electrons. The maximum absolute atomic E-state index is 14.0. The van der Waals surface area contributed by atoms with Gasteiger partial charge in [-0.05, 0) is 70.9 Å². The Balaban J connectivity index is 1.61. The van der Waals surface area contributed by atoms with Crippen LogP contribution in [-0.2, 0) is 12.5 Å². The van der Waals surface area contributed by atoms with E-state index in [4.69, 9.17) is 16.3 Å². The van der Waals surface area contributed by atoms with Gasteiger partial charge in [-0.25, -0.2) is 13.8 Å². The fourth-order valence-electron chi connectivity index (χ4n) is 3.81. The van der Waals surface area contributed by atoms with Crippen molar-refractivity contribution in [3.8, 4) is 5.75 Å². The topological polar surface area (TPSA) is 39.1 Å². The molecule has 0 saturated carbocycles. The minimum atomic E-state index is -2.94. The lowest BCUT2D eigenvalue weighted by Crippen LogP contribution is -2.07. The van der Waals surface area contributed by atoms with Crippen LogP contribution < -0.4 is 10.1 Å². The van der Waals surface area contributed by atoms with E-state index in [1.807, 2.05) is 47.0 Å². The molecular weight excluding hydrogens is 464 g/mol. The molecule has 5 aromatic rings. The van der Waals surface area contributed by atoms with Gasteiger partial charge in [-0.2, -0.15) is 0 Å². The van der Waals surface area contributed by atoms with E-state index in [0.29, 0.717) is 23.0 Å². The Hall–Kier alpha value is -3.16. The number of imidazole rings is 1. The van der Waals surface area contributed by atoms with Gasteiger partial charge < -0.3 is 14.6 Å². The number of hydrogen-bond donors (Lipinski definition) is 1. The van der Waals surface area contributed by atoms with Crippen LogP contribution in [0, 0.1) is 0 Å². The molecule has 0 radical (unpaired) electrons. The number of nitrogens with zero attached hydrogens (tertiary/aromatic N) is 2. The van der Waals surface area contributed by atoms with Crippen LogP contribution in [0.4, 0.5) is 20.4 Å². The van der Waals surface area contributed by atoms with Crippen LogP contribution in [0.2, 0.25) is 5.02 Å². The zero-order chi connectivity index (χ0) is 23.2. The van der Waals surface area contributed by atoms with E-state index in [1.54, 1.807) is 24.5 Å². The normalized spacial score (nSPS) is 11.9. The summed E-state index contributed by atoms with van der Waals surface area (Å²) in [5.74, 6) is -1.64. The minimum Gasteiger partial charge on any atom is -0.497 e. The lowest BCUT2D eigenvalue weighted by atomic mass is 10.1. The molecule has 3 aromatic carbocycles. The highest BCUT2D eigenvalue weighted by Crippen LogP contribution is 2.34. The van der Waals surface area contributed by atoms with E-state index >= 15 is 0 Å². The minimum absolute atomic E-state index is 0.0663. The molecule has 0 fully saturated rings. The fourth-order valence-corrected chi connectivity index (χ4v) is 4.91. The molecule has 2 aromatic heterocycles. The molecular formula is C25H20ClF2N3OS. The van der Waals surface area contributed by atoms with Gasteiger partial charge in [0.1, 0.15) is 5.75 Å². The average Bonchev–Trinajstić information content (AvgIpc) is 3.34. The molecule has 0 amide bonds. The number of aromatic nitrogens is 2. The van der Waals surface area contributed by atoms with Gasteiger partial charge in [-0.1, -0.05) is 17.7 Å². The van der Waals surface area contributed by atoms with Gasteiger partial charge in [0, 0.05) is 27.9 Å². The summed E-state index contributed by atoms with van der Waals surface area (Å²) in [6.45, 7) is 1.40. The number of alkyl halides is 2. The maximum atomic E-state index is 14.0. The van der Waals surface area contributed by atoms with Crippen molar-refractivity contribution < 1.29 is 13.5 Å². The number of hydrogen-bond acceptors (Lipinski definition) is 4. The summed E-state index contributed by atoms with van der Waals surface area (Å²) in [5, 5.41) is 7.17. The fraction of sp³-hybridized carbons (Fsp3) is 0.160. The number of rotatable bonds is 6. The van der Waals surface area contributed by atoms with Crippen LogP contribution >= 0.6 is 22.9 Å². The van der Waals surface area contributed by atoms with Crippen molar-refractivity contribution in [3.05, 3.63) is 82.2 Å². The average molecular weight is 484 g/mol. The number of halogens is 3. The van der Waals surface area contributed by atoms with Crippen molar-refractivity contribution in [3.63, 3.8) is 0 Å². The van der Waals surface area contributed by atoms with Gasteiger partial charge in [0.15, 0.2) is 0 Å². The molecule has 0 aliphatic carbocycles. The lowest BCUT2D eigenvalue weighted by Gasteiger charge is -2.12. The van der Waals surface area contributed by atoms with Gasteiger partial charge in [-0.15, -0.1) is 11.3 Å². The molecule has 33 heavy (non-hydrogen) atoms. The Morgan fingerprint density at radius 1 is 1.09 bits per heavy atom. The van der Waals surface area contributed by atoms with Gasteiger partial charge >= 0.3 is 0 Å². The summed E-state index contributed by atoms with van der Waals surface area (Å²) in [7, 11) is 1.61. The summed E-state index contributed by atoms with van der Waals surface area (Å²) in [6, 6.07) is 17.9. The second-order valence-corrected chi connectivity index (χ2v) is 9.22. The standard InChI is InChI=1S/C25H20ClF2N3OS/c1-25(27,28)16-3-9-22-21(11-16)30-24(29-18-5-7-19(32-2)8-6-18)31(22)13-15-14-33-23-10-4-17(26)12-20(15)23/h3-12,14H,13H2,1-2H3,(H,29,30). The van der Waals surface area contributed by atoms with Crippen LogP contribution in [0.15, 0.2) is 66.0 Å². The number of thiophene rings is 1. The highest BCUT2D eigenvalue weighted by atomic mass is 35.5. The van der Waals surface area contributed by atoms with Crippen LogP contribution in [0.3, 0.4) is 0 Å². The largest absolute Gasteiger partial charge is 0.497 e. The monoisotopic (exact) mass is 483 g/mol. The van der Waals surface area contributed by atoms with E-state index in [-0.39, 0.29) is 5.56 Å². The third-order valence-electron chi connectivity index (χ3n) is 5.55. The molecule has 0 unspecified atom stereocenters. The van der Waals surface area contributed by atoms with E-state index in [9.17, 15) is 8.78 Å². The summed E-state index contributed by atoms with van der Waals surface area (Å²) < 4.78 is 36.3.